The molecule has 0 spiro atoms. The highest BCUT2D eigenvalue weighted by Crippen LogP contribution is 2.30. The van der Waals surface area contributed by atoms with Crippen molar-refractivity contribution >= 4 is 28.3 Å². The Hall–Kier alpha value is -3.19. The third-order valence-electron chi connectivity index (χ3n) is 4.90. The van der Waals surface area contributed by atoms with Crippen LogP contribution in [0.25, 0.3) is 21.6 Å². The smallest absolute Gasteiger partial charge is 0.254 e. The van der Waals surface area contributed by atoms with E-state index in [1.54, 1.807) is 28.0 Å². The van der Waals surface area contributed by atoms with Gasteiger partial charge in [0.05, 0.1) is 34.3 Å². The molecule has 1 amide bonds. The monoisotopic (exact) mass is 406 g/mol. The number of ether oxygens (including phenoxy) is 1. The van der Waals surface area contributed by atoms with Crippen LogP contribution in [0.5, 0.6) is 5.75 Å². The maximum atomic E-state index is 13.4. The van der Waals surface area contributed by atoms with Gasteiger partial charge in [-0.3, -0.25) is 9.48 Å². The number of pyridine rings is 1. The predicted octanol–water partition coefficient (Wildman–Crippen LogP) is 4.29. The molecule has 0 radical (unpaired) electrons. The van der Waals surface area contributed by atoms with Gasteiger partial charge in [-0.05, 0) is 42.1 Å². The lowest BCUT2D eigenvalue weighted by molar-refractivity contribution is 0.0787. The average Bonchev–Trinajstić information content (AvgIpc) is 3.36. The van der Waals surface area contributed by atoms with Crippen molar-refractivity contribution in [2.24, 2.45) is 7.05 Å². The molecular formula is C22H22N4O2S. The second-order valence-electron chi connectivity index (χ2n) is 6.95. The van der Waals surface area contributed by atoms with E-state index in [4.69, 9.17) is 9.72 Å². The number of hydrogen-bond acceptors (Lipinski definition) is 5. The molecule has 0 aliphatic rings. The molecule has 0 bridgehead atoms. The van der Waals surface area contributed by atoms with Crippen LogP contribution in [0.4, 0.5) is 0 Å². The first kappa shape index (κ1) is 19.1. The Kier molecular flexibility index (Phi) is 5.07. The van der Waals surface area contributed by atoms with E-state index in [1.807, 2.05) is 68.9 Å². The number of fused-ring (bicyclic) bond motifs is 1. The molecule has 29 heavy (non-hydrogen) atoms. The number of nitrogens with zero attached hydrogens (tertiary/aromatic N) is 4. The molecule has 0 atom stereocenters. The summed E-state index contributed by atoms with van der Waals surface area (Å²) in [5.41, 5.74) is 3.97. The van der Waals surface area contributed by atoms with E-state index in [0.29, 0.717) is 12.1 Å². The third-order valence-corrected chi connectivity index (χ3v) is 5.79. The van der Waals surface area contributed by atoms with Crippen molar-refractivity contribution in [3.05, 3.63) is 64.7 Å². The van der Waals surface area contributed by atoms with Gasteiger partial charge in [0.25, 0.3) is 5.91 Å². The van der Waals surface area contributed by atoms with Crippen LogP contribution >= 0.6 is 11.3 Å². The standard InChI is InChI=1S/C22H22N4O2S/c1-14-20-17(22(27)25(2)13-15-7-9-16(28-4)10-8-15)12-18(19-6-5-11-29-19)23-21(20)26(3)24-14/h5-12H,13H2,1-4H3. The summed E-state index contributed by atoms with van der Waals surface area (Å²) in [6.45, 7) is 2.41. The fraction of sp³-hybridized carbons (Fsp3) is 0.227. The minimum absolute atomic E-state index is 0.0536. The van der Waals surface area contributed by atoms with Crippen LogP contribution in [-0.2, 0) is 13.6 Å². The third kappa shape index (κ3) is 3.61. The fourth-order valence-electron chi connectivity index (χ4n) is 3.45. The second-order valence-corrected chi connectivity index (χ2v) is 7.90. The molecule has 1 aromatic carbocycles. The number of benzene rings is 1. The Bertz CT molecular complexity index is 1160. The maximum absolute atomic E-state index is 13.4. The summed E-state index contributed by atoms with van der Waals surface area (Å²) in [6, 6.07) is 13.6. The molecule has 0 unspecified atom stereocenters. The number of amides is 1. The topological polar surface area (TPSA) is 60.2 Å². The van der Waals surface area contributed by atoms with Crippen molar-refractivity contribution in [1.82, 2.24) is 19.7 Å². The summed E-state index contributed by atoms with van der Waals surface area (Å²) in [5, 5.41) is 7.30. The van der Waals surface area contributed by atoms with Crippen molar-refractivity contribution in [3.8, 4) is 16.3 Å². The molecular weight excluding hydrogens is 384 g/mol. The van der Waals surface area contributed by atoms with E-state index in [0.717, 1.165) is 38.6 Å². The first-order chi connectivity index (χ1) is 14.0. The predicted molar refractivity (Wildman–Crippen MR) is 115 cm³/mol. The van der Waals surface area contributed by atoms with Crippen LogP contribution in [-0.4, -0.2) is 39.7 Å². The maximum Gasteiger partial charge on any atom is 0.254 e. The lowest BCUT2D eigenvalue weighted by atomic mass is 10.1. The molecule has 6 nitrogen and oxygen atoms in total. The summed E-state index contributed by atoms with van der Waals surface area (Å²) in [5.74, 6) is 0.743. The number of thiophene rings is 1. The lowest BCUT2D eigenvalue weighted by Gasteiger charge is -2.18. The molecule has 0 N–H and O–H groups in total. The molecule has 3 aromatic heterocycles. The van der Waals surface area contributed by atoms with Gasteiger partial charge in [-0.15, -0.1) is 11.3 Å². The van der Waals surface area contributed by atoms with Crippen molar-refractivity contribution in [1.29, 1.82) is 0 Å². The summed E-state index contributed by atoms with van der Waals surface area (Å²) in [6.07, 6.45) is 0. The van der Waals surface area contributed by atoms with E-state index in [1.165, 1.54) is 0 Å². The lowest BCUT2D eigenvalue weighted by Crippen LogP contribution is -2.26. The first-order valence-electron chi connectivity index (χ1n) is 9.24. The van der Waals surface area contributed by atoms with E-state index in [-0.39, 0.29) is 5.91 Å². The molecule has 3 heterocycles. The van der Waals surface area contributed by atoms with E-state index in [9.17, 15) is 4.79 Å². The van der Waals surface area contributed by atoms with Gasteiger partial charge in [0.2, 0.25) is 0 Å². The van der Waals surface area contributed by atoms with Crippen LogP contribution in [0.3, 0.4) is 0 Å². The zero-order chi connectivity index (χ0) is 20.5. The SMILES string of the molecule is COc1ccc(CN(C)C(=O)c2cc(-c3cccs3)nc3c2c(C)nn3C)cc1. The Labute approximate surface area is 173 Å². The van der Waals surface area contributed by atoms with E-state index >= 15 is 0 Å². The Balaban J connectivity index is 1.73. The number of hydrogen-bond donors (Lipinski definition) is 0. The van der Waals surface area contributed by atoms with Gasteiger partial charge in [0.15, 0.2) is 5.65 Å². The zero-order valence-corrected chi connectivity index (χ0v) is 17.7. The van der Waals surface area contributed by atoms with E-state index in [2.05, 4.69) is 5.10 Å². The second kappa shape index (κ2) is 7.67. The number of carbonyl (C=O) groups is 1. The highest BCUT2D eigenvalue weighted by molar-refractivity contribution is 7.13. The molecule has 0 aliphatic heterocycles. The number of aryl methyl sites for hydroxylation is 2. The van der Waals surface area contributed by atoms with Crippen LogP contribution in [0.2, 0.25) is 0 Å². The summed E-state index contributed by atoms with van der Waals surface area (Å²) in [7, 11) is 5.31. The Morgan fingerprint density at radius 3 is 2.66 bits per heavy atom. The molecule has 148 valence electrons. The number of aromatic nitrogens is 3. The molecule has 7 heteroatoms. The Morgan fingerprint density at radius 1 is 1.24 bits per heavy atom. The van der Waals surface area contributed by atoms with Gasteiger partial charge in [-0.2, -0.15) is 5.10 Å². The number of methoxy groups -OCH3 is 1. The molecule has 0 aliphatic carbocycles. The van der Waals surface area contributed by atoms with Crippen molar-refractivity contribution < 1.29 is 9.53 Å². The van der Waals surface area contributed by atoms with Gasteiger partial charge >= 0.3 is 0 Å². The number of carbonyl (C=O) groups excluding carboxylic acids is 1. The van der Waals surface area contributed by atoms with Crippen molar-refractivity contribution in [3.63, 3.8) is 0 Å². The summed E-state index contributed by atoms with van der Waals surface area (Å²) in [4.78, 5) is 20.9. The fourth-order valence-corrected chi connectivity index (χ4v) is 4.13. The van der Waals surface area contributed by atoms with Gasteiger partial charge in [-0.25, -0.2) is 4.98 Å². The van der Waals surface area contributed by atoms with Crippen molar-refractivity contribution in [2.75, 3.05) is 14.2 Å². The summed E-state index contributed by atoms with van der Waals surface area (Å²) >= 11 is 1.60. The van der Waals surface area contributed by atoms with Crippen molar-refractivity contribution in [2.45, 2.75) is 13.5 Å². The van der Waals surface area contributed by atoms with Gasteiger partial charge in [0.1, 0.15) is 5.75 Å². The minimum Gasteiger partial charge on any atom is -0.497 e. The van der Waals surface area contributed by atoms with Gasteiger partial charge in [-0.1, -0.05) is 18.2 Å². The zero-order valence-electron chi connectivity index (χ0n) is 16.8. The molecule has 0 fully saturated rings. The molecule has 0 saturated carbocycles. The Morgan fingerprint density at radius 2 is 2.00 bits per heavy atom. The van der Waals surface area contributed by atoms with Crippen LogP contribution in [0.15, 0.2) is 47.8 Å². The molecule has 4 aromatic rings. The molecule has 0 saturated heterocycles. The van der Waals surface area contributed by atoms with Crippen LogP contribution in [0, 0.1) is 6.92 Å². The first-order valence-corrected chi connectivity index (χ1v) is 10.1. The van der Waals surface area contributed by atoms with E-state index < -0.39 is 0 Å². The quantitative estimate of drug-likeness (QED) is 0.496. The van der Waals surface area contributed by atoms with Crippen LogP contribution in [0.1, 0.15) is 21.6 Å². The normalized spacial score (nSPS) is 11.0. The minimum atomic E-state index is -0.0536. The molecule has 4 rings (SSSR count). The van der Waals surface area contributed by atoms with Gasteiger partial charge < -0.3 is 9.64 Å². The number of rotatable bonds is 5. The highest BCUT2D eigenvalue weighted by atomic mass is 32.1. The summed E-state index contributed by atoms with van der Waals surface area (Å²) < 4.78 is 6.95. The highest BCUT2D eigenvalue weighted by Gasteiger charge is 2.22. The average molecular weight is 407 g/mol. The van der Waals surface area contributed by atoms with Crippen LogP contribution < -0.4 is 4.74 Å². The van der Waals surface area contributed by atoms with Gasteiger partial charge in [0, 0.05) is 20.6 Å². The largest absolute Gasteiger partial charge is 0.497 e.